The third-order valence-corrected chi connectivity index (χ3v) is 4.93. The summed E-state index contributed by atoms with van der Waals surface area (Å²) in [4.78, 5) is 13.2. The first-order valence-corrected chi connectivity index (χ1v) is 8.31. The first kappa shape index (κ1) is 16.9. The summed E-state index contributed by atoms with van der Waals surface area (Å²) in [5, 5.41) is 24.7. The number of rotatable bonds is 2. The van der Waals surface area contributed by atoms with Crippen molar-refractivity contribution in [1.29, 1.82) is 0 Å². The monoisotopic (exact) mass is 359 g/mol. The summed E-state index contributed by atoms with van der Waals surface area (Å²) in [6.45, 7) is 5.51. The predicted octanol–water partition coefficient (Wildman–Crippen LogP) is 0.0649. The van der Waals surface area contributed by atoms with Crippen LogP contribution in [0, 0.1) is 13.8 Å². The molecule has 0 spiro atoms. The van der Waals surface area contributed by atoms with E-state index in [1.54, 1.807) is 16.2 Å². The second-order valence-electron chi connectivity index (χ2n) is 6.64. The van der Waals surface area contributed by atoms with E-state index in [1.165, 1.54) is 6.33 Å². The van der Waals surface area contributed by atoms with Crippen LogP contribution in [0.25, 0.3) is 22.6 Å². The molecule has 1 aliphatic rings. The Morgan fingerprint density at radius 2 is 1.92 bits per heavy atom. The number of hydrogen-bond donors (Lipinski definition) is 3. The first-order chi connectivity index (χ1) is 12.3. The first-order valence-electron chi connectivity index (χ1n) is 8.31. The minimum absolute atomic E-state index is 0.229. The van der Waals surface area contributed by atoms with Crippen LogP contribution in [-0.2, 0) is 11.8 Å². The fourth-order valence-electron chi connectivity index (χ4n) is 3.39. The highest BCUT2D eigenvalue weighted by atomic mass is 16.6. The highest BCUT2D eigenvalue weighted by molar-refractivity contribution is 5.84. The molecule has 0 bridgehead atoms. The third kappa shape index (κ3) is 2.30. The minimum atomic E-state index is -1.09. The highest BCUT2D eigenvalue weighted by Crippen LogP contribution is 2.33. The molecule has 0 aliphatic carbocycles. The Bertz CT molecular complexity index is 996. The van der Waals surface area contributed by atoms with Crippen molar-refractivity contribution in [1.82, 2.24) is 29.3 Å². The van der Waals surface area contributed by atoms with Crippen molar-refractivity contribution < 1.29 is 14.9 Å². The lowest BCUT2D eigenvalue weighted by molar-refractivity contribution is -0.0299. The topological polar surface area (TPSA) is 137 Å². The number of aryl methyl sites for hydroxylation is 2. The second-order valence-corrected chi connectivity index (χ2v) is 6.64. The van der Waals surface area contributed by atoms with E-state index in [9.17, 15) is 10.2 Å². The van der Waals surface area contributed by atoms with Crippen LogP contribution < -0.4 is 5.73 Å². The Morgan fingerprint density at radius 1 is 1.19 bits per heavy atom. The van der Waals surface area contributed by atoms with E-state index in [0.29, 0.717) is 17.0 Å². The van der Waals surface area contributed by atoms with Crippen molar-refractivity contribution >= 4 is 17.0 Å². The SMILES string of the molecule is Cc1nn(C)c(C)c1-c1nc(N)c2ncn(C3OC(C)C(O)C3O)c2n1. The number of imidazole rings is 1. The molecule has 1 saturated heterocycles. The number of nitrogens with two attached hydrogens (primary N) is 1. The number of nitrogen functional groups attached to an aromatic ring is 1. The zero-order chi connectivity index (χ0) is 18.7. The Labute approximate surface area is 149 Å². The fraction of sp³-hybridized carbons (Fsp3) is 0.500. The number of aliphatic hydroxyl groups is 2. The van der Waals surface area contributed by atoms with Crippen LogP contribution in [0.4, 0.5) is 5.82 Å². The molecule has 3 aromatic rings. The van der Waals surface area contributed by atoms with Gasteiger partial charge < -0.3 is 20.7 Å². The van der Waals surface area contributed by atoms with E-state index in [2.05, 4.69) is 20.1 Å². The molecule has 26 heavy (non-hydrogen) atoms. The summed E-state index contributed by atoms with van der Waals surface area (Å²) < 4.78 is 9.02. The lowest BCUT2D eigenvalue weighted by atomic mass is 10.1. The van der Waals surface area contributed by atoms with Crippen LogP contribution in [0.5, 0.6) is 0 Å². The largest absolute Gasteiger partial charge is 0.388 e. The van der Waals surface area contributed by atoms with E-state index in [1.807, 2.05) is 20.9 Å². The average molecular weight is 359 g/mol. The number of fused-ring (bicyclic) bond motifs is 1. The van der Waals surface area contributed by atoms with E-state index in [-0.39, 0.29) is 5.82 Å². The summed E-state index contributed by atoms with van der Waals surface area (Å²) in [6.07, 6.45) is -1.90. The standard InChI is InChI=1S/C16H21N7O3/c1-6-9(7(2)22(4)21-6)14-19-13(17)10-15(20-14)23(5-18-10)16-12(25)11(24)8(3)26-16/h5,8,11-12,16,24-25H,1-4H3,(H2,17,19,20). The maximum Gasteiger partial charge on any atom is 0.168 e. The van der Waals surface area contributed by atoms with Crippen LogP contribution >= 0.6 is 0 Å². The molecule has 10 nitrogen and oxygen atoms in total. The molecule has 4 heterocycles. The Hall–Kier alpha value is -2.56. The summed E-state index contributed by atoms with van der Waals surface area (Å²) >= 11 is 0. The molecule has 10 heteroatoms. The van der Waals surface area contributed by atoms with Gasteiger partial charge in [0, 0.05) is 12.7 Å². The molecule has 4 unspecified atom stereocenters. The Morgan fingerprint density at radius 3 is 2.50 bits per heavy atom. The third-order valence-electron chi connectivity index (χ3n) is 4.93. The van der Waals surface area contributed by atoms with Crippen molar-refractivity contribution in [2.24, 2.45) is 7.05 Å². The molecule has 4 rings (SSSR count). The predicted molar refractivity (Wildman–Crippen MR) is 93.0 cm³/mol. The van der Waals surface area contributed by atoms with Crippen LogP contribution in [-0.4, -0.2) is 57.8 Å². The second kappa shape index (κ2) is 5.73. The number of hydrogen-bond acceptors (Lipinski definition) is 8. The maximum atomic E-state index is 10.3. The van der Waals surface area contributed by atoms with Gasteiger partial charge in [-0.25, -0.2) is 15.0 Å². The zero-order valence-electron chi connectivity index (χ0n) is 15.0. The van der Waals surface area contributed by atoms with Crippen molar-refractivity contribution in [2.45, 2.75) is 45.3 Å². The lowest BCUT2D eigenvalue weighted by Gasteiger charge is -2.16. The van der Waals surface area contributed by atoms with Gasteiger partial charge in [-0.15, -0.1) is 0 Å². The molecule has 1 aliphatic heterocycles. The number of ether oxygens (including phenoxy) is 1. The normalized spacial score (nSPS) is 26.1. The summed E-state index contributed by atoms with van der Waals surface area (Å²) in [6, 6.07) is 0. The van der Waals surface area contributed by atoms with Gasteiger partial charge in [0.15, 0.2) is 23.5 Å². The van der Waals surface area contributed by atoms with Crippen molar-refractivity contribution in [3.05, 3.63) is 17.7 Å². The molecule has 3 aromatic heterocycles. The summed E-state index contributed by atoms with van der Waals surface area (Å²) in [7, 11) is 1.85. The number of aliphatic hydroxyl groups excluding tert-OH is 2. The van der Waals surface area contributed by atoms with Gasteiger partial charge in [-0.2, -0.15) is 5.10 Å². The van der Waals surface area contributed by atoms with Gasteiger partial charge >= 0.3 is 0 Å². The van der Waals surface area contributed by atoms with Crippen LogP contribution in [0.1, 0.15) is 24.5 Å². The quantitative estimate of drug-likeness (QED) is 0.584. The van der Waals surface area contributed by atoms with Crippen molar-refractivity contribution in [3.8, 4) is 11.4 Å². The van der Waals surface area contributed by atoms with Gasteiger partial charge in [0.2, 0.25) is 0 Å². The van der Waals surface area contributed by atoms with E-state index in [4.69, 9.17) is 10.5 Å². The molecule has 138 valence electrons. The molecule has 0 saturated carbocycles. The molecule has 4 N–H and O–H groups in total. The van der Waals surface area contributed by atoms with Crippen LogP contribution in [0.15, 0.2) is 6.33 Å². The smallest absolute Gasteiger partial charge is 0.168 e. The molecule has 4 atom stereocenters. The van der Waals surface area contributed by atoms with Gasteiger partial charge in [-0.05, 0) is 20.8 Å². The maximum absolute atomic E-state index is 10.3. The lowest BCUT2D eigenvalue weighted by Crippen LogP contribution is -2.30. The number of anilines is 1. The summed E-state index contributed by atoms with van der Waals surface area (Å²) in [5.41, 5.74) is 9.44. The number of aromatic nitrogens is 6. The van der Waals surface area contributed by atoms with Crippen molar-refractivity contribution in [3.63, 3.8) is 0 Å². The van der Waals surface area contributed by atoms with Crippen LogP contribution in [0.2, 0.25) is 0 Å². The van der Waals surface area contributed by atoms with E-state index >= 15 is 0 Å². The van der Waals surface area contributed by atoms with E-state index in [0.717, 1.165) is 17.0 Å². The minimum Gasteiger partial charge on any atom is -0.388 e. The molecule has 1 fully saturated rings. The Balaban J connectivity index is 1.89. The van der Waals surface area contributed by atoms with E-state index < -0.39 is 24.5 Å². The molecule has 0 radical (unpaired) electrons. The number of nitrogens with zero attached hydrogens (tertiary/aromatic N) is 6. The highest BCUT2D eigenvalue weighted by Gasteiger charge is 2.42. The molecular weight excluding hydrogens is 338 g/mol. The van der Waals surface area contributed by atoms with Gasteiger partial charge in [-0.1, -0.05) is 0 Å². The van der Waals surface area contributed by atoms with Gasteiger partial charge in [-0.3, -0.25) is 9.25 Å². The van der Waals surface area contributed by atoms with Gasteiger partial charge in [0.1, 0.15) is 17.7 Å². The molecule has 0 aromatic carbocycles. The fourth-order valence-corrected chi connectivity index (χ4v) is 3.39. The van der Waals surface area contributed by atoms with Gasteiger partial charge in [0.25, 0.3) is 0 Å². The molecular formula is C16H21N7O3. The summed E-state index contributed by atoms with van der Waals surface area (Å²) in [5.74, 6) is 0.661. The Kier molecular flexibility index (Phi) is 3.72. The van der Waals surface area contributed by atoms with Crippen molar-refractivity contribution in [2.75, 3.05) is 5.73 Å². The zero-order valence-corrected chi connectivity index (χ0v) is 15.0. The van der Waals surface area contributed by atoms with Gasteiger partial charge in [0.05, 0.1) is 23.7 Å². The average Bonchev–Trinajstić information content (AvgIpc) is 3.19. The molecule has 0 amide bonds. The van der Waals surface area contributed by atoms with Crippen LogP contribution in [0.3, 0.4) is 0 Å².